The van der Waals surface area contributed by atoms with Gasteiger partial charge in [-0.1, -0.05) is 12.1 Å². The van der Waals surface area contributed by atoms with Crippen molar-refractivity contribution < 1.29 is 18.8 Å². The minimum absolute atomic E-state index is 0.00516. The Hall–Kier alpha value is -1.50. The molecule has 2 saturated heterocycles. The zero-order chi connectivity index (χ0) is 17.5. The summed E-state index contributed by atoms with van der Waals surface area (Å²) < 4.78 is 16.7. The Kier molecular flexibility index (Phi) is 4.64. The van der Waals surface area contributed by atoms with E-state index < -0.39 is 7.12 Å². The van der Waals surface area contributed by atoms with E-state index in [1.54, 1.807) is 4.90 Å². The molecule has 2 aliphatic rings. The first-order chi connectivity index (χ1) is 11.3. The Labute approximate surface area is 144 Å². The highest BCUT2D eigenvalue weighted by Gasteiger charge is 2.44. The maximum Gasteiger partial charge on any atom is 0.494 e. The molecule has 0 aliphatic carbocycles. The standard InChI is InChI=1S/C16H22B2N2O4/c1-10-13(18-23-11(2)16(3,4)24-18)6-5-7-14(10)19-15(21)20-8-12(9-20)22-17/h5-7,11-12H,8-9H2,1-4H3,(H,19,21). The molecule has 0 bridgehead atoms. The summed E-state index contributed by atoms with van der Waals surface area (Å²) in [4.78, 5) is 13.9. The number of anilines is 1. The molecule has 24 heavy (non-hydrogen) atoms. The second kappa shape index (κ2) is 6.43. The lowest BCUT2D eigenvalue weighted by atomic mass is 9.76. The number of amides is 2. The van der Waals surface area contributed by atoms with Gasteiger partial charge in [-0.3, -0.25) is 0 Å². The zero-order valence-electron chi connectivity index (χ0n) is 14.5. The van der Waals surface area contributed by atoms with E-state index >= 15 is 0 Å². The lowest BCUT2D eigenvalue weighted by Gasteiger charge is -2.38. The topological polar surface area (TPSA) is 60.0 Å². The van der Waals surface area contributed by atoms with Crippen LogP contribution in [0.1, 0.15) is 26.3 Å². The molecular weight excluding hydrogens is 306 g/mol. The van der Waals surface area contributed by atoms with Gasteiger partial charge in [-0.25, -0.2) is 4.79 Å². The van der Waals surface area contributed by atoms with Crippen LogP contribution < -0.4 is 10.8 Å². The van der Waals surface area contributed by atoms with Gasteiger partial charge in [-0.05, 0) is 44.8 Å². The van der Waals surface area contributed by atoms with Crippen LogP contribution >= 0.6 is 0 Å². The third-order valence-electron chi connectivity index (χ3n) is 4.92. The normalized spacial score (nSPS) is 23.2. The van der Waals surface area contributed by atoms with Crippen molar-refractivity contribution in [3.8, 4) is 0 Å². The lowest BCUT2D eigenvalue weighted by Crippen LogP contribution is -2.56. The number of rotatable bonds is 3. The van der Waals surface area contributed by atoms with Gasteiger partial charge in [0.2, 0.25) is 0 Å². The quantitative estimate of drug-likeness (QED) is 0.848. The van der Waals surface area contributed by atoms with Crippen molar-refractivity contribution in [2.24, 2.45) is 0 Å². The summed E-state index contributed by atoms with van der Waals surface area (Å²) in [6.45, 7) is 8.98. The van der Waals surface area contributed by atoms with E-state index in [2.05, 4.69) is 5.32 Å². The summed E-state index contributed by atoms with van der Waals surface area (Å²) in [5.41, 5.74) is 2.27. The molecule has 126 valence electrons. The van der Waals surface area contributed by atoms with Crippen molar-refractivity contribution in [2.75, 3.05) is 18.4 Å². The number of nitrogens with zero attached hydrogens (tertiary/aromatic N) is 1. The summed E-state index contributed by atoms with van der Waals surface area (Å²) >= 11 is 0. The highest BCUT2D eigenvalue weighted by molar-refractivity contribution is 6.62. The van der Waals surface area contributed by atoms with Crippen LogP contribution in [0.5, 0.6) is 0 Å². The molecule has 2 amide bonds. The fraction of sp³-hybridized carbons (Fsp3) is 0.562. The minimum atomic E-state index is -0.425. The molecule has 6 nitrogen and oxygen atoms in total. The molecule has 1 N–H and O–H groups in total. The Morgan fingerprint density at radius 2 is 2.17 bits per heavy atom. The predicted octanol–water partition coefficient (Wildman–Crippen LogP) is 1.22. The number of carbonyl (C=O) groups excluding carboxylic acids is 1. The molecule has 2 aliphatic heterocycles. The number of carbonyl (C=O) groups is 1. The number of hydrogen-bond donors (Lipinski definition) is 1. The molecular formula is C16H22B2N2O4. The van der Waals surface area contributed by atoms with Crippen LogP contribution in [0.4, 0.5) is 10.5 Å². The fourth-order valence-corrected chi connectivity index (χ4v) is 2.81. The summed E-state index contributed by atoms with van der Waals surface area (Å²) in [5, 5.41) is 2.93. The largest absolute Gasteiger partial charge is 0.494 e. The van der Waals surface area contributed by atoms with Crippen molar-refractivity contribution >= 4 is 32.3 Å². The van der Waals surface area contributed by atoms with E-state index in [1.165, 1.54) is 0 Å². The van der Waals surface area contributed by atoms with Crippen LogP contribution in [0.3, 0.4) is 0 Å². The van der Waals surface area contributed by atoms with Crippen LogP contribution in [0.25, 0.3) is 0 Å². The Morgan fingerprint density at radius 3 is 2.75 bits per heavy atom. The number of hydrogen-bond acceptors (Lipinski definition) is 4. The van der Waals surface area contributed by atoms with E-state index in [4.69, 9.17) is 22.0 Å². The second-order valence-electron chi connectivity index (χ2n) is 6.94. The van der Waals surface area contributed by atoms with Gasteiger partial charge in [0.15, 0.2) is 0 Å². The van der Waals surface area contributed by atoms with E-state index in [9.17, 15) is 4.79 Å². The van der Waals surface area contributed by atoms with E-state index in [0.717, 1.165) is 16.7 Å². The summed E-state index contributed by atoms with van der Waals surface area (Å²) in [5.74, 6) is 0. The van der Waals surface area contributed by atoms with Gasteiger partial charge >= 0.3 is 13.1 Å². The molecule has 8 heteroatoms. The third kappa shape index (κ3) is 3.18. The minimum Gasteiger partial charge on any atom is -0.442 e. The highest BCUT2D eigenvalue weighted by Crippen LogP contribution is 2.28. The number of nitrogens with one attached hydrogen (secondary N) is 1. The molecule has 0 spiro atoms. The molecule has 2 radical (unpaired) electrons. The van der Waals surface area contributed by atoms with Gasteiger partial charge in [0.25, 0.3) is 8.05 Å². The summed E-state index contributed by atoms with van der Waals surface area (Å²) in [6.07, 6.45) is -0.0818. The average molecular weight is 328 g/mol. The number of likely N-dealkylation sites (tertiary alicyclic amines) is 1. The van der Waals surface area contributed by atoms with Gasteiger partial charge in [0, 0.05) is 18.8 Å². The highest BCUT2D eigenvalue weighted by atomic mass is 16.7. The Balaban J connectivity index is 1.71. The molecule has 1 aromatic carbocycles. The van der Waals surface area contributed by atoms with Gasteiger partial charge in [0.1, 0.15) is 0 Å². The molecule has 0 aromatic heterocycles. The van der Waals surface area contributed by atoms with Crippen molar-refractivity contribution in [1.82, 2.24) is 4.90 Å². The molecule has 2 fully saturated rings. The summed E-state index contributed by atoms with van der Waals surface area (Å²) in [7, 11) is 4.68. The third-order valence-corrected chi connectivity index (χ3v) is 4.92. The monoisotopic (exact) mass is 328 g/mol. The van der Waals surface area contributed by atoms with Crippen molar-refractivity contribution in [3.63, 3.8) is 0 Å². The zero-order valence-corrected chi connectivity index (χ0v) is 14.5. The molecule has 3 rings (SSSR count). The Morgan fingerprint density at radius 1 is 1.46 bits per heavy atom. The van der Waals surface area contributed by atoms with E-state index in [1.807, 2.05) is 45.9 Å². The molecule has 1 atom stereocenters. The van der Waals surface area contributed by atoms with Gasteiger partial charge < -0.3 is 24.2 Å². The number of urea groups is 1. The van der Waals surface area contributed by atoms with Gasteiger partial charge in [0.05, 0.1) is 17.8 Å². The van der Waals surface area contributed by atoms with Crippen LogP contribution in [0, 0.1) is 6.92 Å². The van der Waals surface area contributed by atoms with Crippen molar-refractivity contribution in [1.29, 1.82) is 0 Å². The van der Waals surface area contributed by atoms with E-state index in [0.29, 0.717) is 13.1 Å². The van der Waals surface area contributed by atoms with Gasteiger partial charge in [-0.15, -0.1) is 0 Å². The van der Waals surface area contributed by atoms with Crippen LogP contribution in [-0.4, -0.2) is 57.0 Å². The smallest absolute Gasteiger partial charge is 0.442 e. The Bertz CT molecular complexity index is 635. The van der Waals surface area contributed by atoms with Gasteiger partial charge in [-0.2, -0.15) is 0 Å². The average Bonchev–Trinajstić information content (AvgIpc) is 2.74. The van der Waals surface area contributed by atoms with Crippen LogP contribution in [-0.2, 0) is 14.0 Å². The maximum absolute atomic E-state index is 12.3. The first-order valence-electron chi connectivity index (χ1n) is 8.16. The molecule has 1 unspecified atom stereocenters. The summed E-state index contributed by atoms with van der Waals surface area (Å²) in [6, 6.07) is 5.57. The molecule has 2 heterocycles. The SMILES string of the molecule is [B]OC1CN(C(=O)Nc2cccc(B3OC(C)C(C)(C)O3)c2C)C1. The maximum atomic E-state index is 12.3. The second-order valence-corrected chi connectivity index (χ2v) is 6.94. The van der Waals surface area contributed by atoms with Crippen molar-refractivity contribution in [2.45, 2.75) is 45.5 Å². The van der Waals surface area contributed by atoms with Crippen LogP contribution in [0.2, 0.25) is 0 Å². The molecule has 1 aromatic rings. The molecule has 0 saturated carbocycles. The lowest BCUT2D eigenvalue weighted by molar-refractivity contribution is 0.0558. The first kappa shape index (κ1) is 17.3. The first-order valence-corrected chi connectivity index (χ1v) is 8.16. The van der Waals surface area contributed by atoms with E-state index in [-0.39, 0.29) is 23.8 Å². The van der Waals surface area contributed by atoms with Crippen LogP contribution in [0.15, 0.2) is 18.2 Å². The number of benzene rings is 1. The predicted molar refractivity (Wildman–Crippen MR) is 93.5 cm³/mol. The van der Waals surface area contributed by atoms with Crippen molar-refractivity contribution in [3.05, 3.63) is 23.8 Å². The fourth-order valence-electron chi connectivity index (χ4n) is 2.81.